The van der Waals surface area contributed by atoms with Crippen molar-refractivity contribution in [2.24, 2.45) is 0 Å². The summed E-state index contributed by atoms with van der Waals surface area (Å²) >= 11 is 0. The first-order chi connectivity index (χ1) is 12.8. The maximum Gasteiger partial charge on any atom is 0.325 e. The Morgan fingerprint density at radius 3 is 2.74 bits per heavy atom. The number of urea groups is 1. The van der Waals surface area contributed by atoms with Gasteiger partial charge in [-0.1, -0.05) is 6.92 Å². The molecular weight excluding hydrogens is 356 g/mol. The van der Waals surface area contributed by atoms with Crippen LogP contribution in [0.2, 0.25) is 0 Å². The summed E-state index contributed by atoms with van der Waals surface area (Å²) in [5.41, 5.74) is -2.02. The van der Waals surface area contributed by atoms with E-state index < -0.39 is 35.7 Å². The number of piperidine rings is 1. The first kappa shape index (κ1) is 19.3. The van der Waals surface area contributed by atoms with Gasteiger partial charge in [0, 0.05) is 18.2 Å². The van der Waals surface area contributed by atoms with Crippen LogP contribution in [0.25, 0.3) is 0 Å². The number of halogens is 2. The van der Waals surface area contributed by atoms with E-state index in [0.29, 0.717) is 6.54 Å². The number of imide groups is 1. The van der Waals surface area contributed by atoms with Crippen LogP contribution in [-0.4, -0.2) is 46.8 Å². The molecule has 1 N–H and O–H groups in total. The molecule has 146 valence electrons. The third-order valence-electron chi connectivity index (χ3n) is 5.45. The maximum absolute atomic E-state index is 14.2. The monoisotopic (exact) mass is 379 g/mol. The van der Waals surface area contributed by atoms with Crippen LogP contribution in [0.3, 0.4) is 0 Å². The molecule has 27 heavy (non-hydrogen) atoms. The third-order valence-corrected chi connectivity index (χ3v) is 5.45. The van der Waals surface area contributed by atoms with E-state index in [1.165, 1.54) is 6.92 Å². The lowest BCUT2D eigenvalue weighted by molar-refractivity contribution is -0.141. The van der Waals surface area contributed by atoms with E-state index in [-0.39, 0.29) is 17.5 Å². The molecule has 0 unspecified atom stereocenters. The second-order valence-corrected chi connectivity index (χ2v) is 7.22. The number of carbonyl (C=O) groups is 3. The molecular formula is C19H23F2N3O3. The van der Waals surface area contributed by atoms with Gasteiger partial charge < -0.3 is 10.2 Å². The van der Waals surface area contributed by atoms with Gasteiger partial charge in [0.1, 0.15) is 23.7 Å². The minimum absolute atomic E-state index is 0.0964. The molecule has 0 spiro atoms. The van der Waals surface area contributed by atoms with Gasteiger partial charge >= 0.3 is 6.03 Å². The molecule has 1 aromatic carbocycles. The van der Waals surface area contributed by atoms with E-state index in [9.17, 15) is 23.2 Å². The summed E-state index contributed by atoms with van der Waals surface area (Å²) < 4.78 is 27.7. The summed E-state index contributed by atoms with van der Waals surface area (Å²) in [6.07, 6.45) is 3.63. The molecule has 2 aliphatic heterocycles. The van der Waals surface area contributed by atoms with Crippen molar-refractivity contribution in [2.75, 3.05) is 13.1 Å². The Balaban J connectivity index is 1.82. The first-order valence-electron chi connectivity index (χ1n) is 9.17. The third kappa shape index (κ3) is 3.40. The van der Waals surface area contributed by atoms with E-state index >= 15 is 0 Å². The number of nitrogens with zero attached hydrogens (tertiary/aromatic N) is 2. The molecule has 2 heterocycles. The Labute approximate surface area is 156 Å². The van der Waals surface area contributed by atoms with Gasteiger partial charge in [-0.05, 0) is 50.8 Å². The van der Waals surface area contributed by atoms with Crippen molar-refractivity contribution in [3.8, 4) is 0 Å². The Morgan fingerprint density at radius 2 is 2.04 bits per heavy atom. The average Bonchev–Trinajstić information content (AvgIpc) is 2.87. The number of benzene rings is 1. The molecule has 0 aliphatic carbocycles. The molecule has 2 saturated heterocycles. The number of nitrogens with one attached hydrogen (secondary N) is 1. The summed E-state index contributed by atoms with van der Waals surface area (Å²) in [4.78, 5) is 40.4. The fraction of sp³-hybridized carbons (Fsp3) is 0.526. The van der Waals surface area contributed by atoms with Gasteiger partial charge in [-0.15, -0.1) is 0 Å². The highest BCUT2D eigenvalue weighted by atomic mass is 19.1. The number of amides is 4. The molecule has 6 nitrogen and oxygen atoms in total. The minimum atomic E-state index is -1.75. The van der Waals surface area contributed by atoms with Crippen molar-refractivity contribution in [1.82, 2.24) is 15.1 Å². The van der Waals surface area contributed by atoms with Crippen molar-refractivity contribution in [3.63, 3.8) is 0 Å². The minimum Gasteiger partial charge on any atom is -0.338 e. The van der Waals surface area contributed by atoms with E-state index in [2.05, 4.69) is 5.32 Å². The molecule has 0 bridgehead atoms. The summed E-state index contributed by atoms with van der Waals surface area (Å²) in [6, 6.07) is 2.04. The predicted molar refractivity (Wildman–Crippen MR) is 93.6 cm³/mol. The van der Waals surface area contributed by atoms with E-state index in [1.807, 2.05) is 6.92 Å². The molecule has 2 atom stereocenters. The van der Waals surface area contributed by atoms with Crippen molar-refractivity contribution in [2.45, 2.75) is 51.1 Å². The fourth-order valence-corrected chi connectivity index (χ4v) is 3.88. The molecule has 8 heteroatoms. The second kappa shape index (κ2) is 7.25. The van der Waals surface area contributed by atoms with Gasteiger partial charge in [-0.25, -0.2) is 13.6 Å². The van der Waals surface area contributed by atoms with Crippen LogP contribution in [0, 0.1) is 11.6 Å². The summed E-state index contributed by atoms with van der Waals surface area (Å²) in [5.74, 6) is -2.60. The van der Waals surface area contributed by atoms with Crippen LogP contribution >= 0.6 is 0 Å². The summed E-state index contributed by atoms with van der Waals surface area (Å²) in [6.45, 7) is 3.49. The first-order valence-corrected chi connectivity index (χ1v) is 9.17. The molecule has 0 aromatic heterocycles. The van der Waals surface area contributed by atoms with Crippen LogP contribution in [-0.2, 0) is 15.1 Å². The van der Waals surface area contributed by atoms with E-state index in [0.717, 1.165) is 48.8 Å². The SMILES string of the molecule is CC[C@@H]1CCCCN1C(=O)CN1C(=O)N[C@@](C)(c2cc(F)ccc2F)C1=O. The quantitative estimate of drug-likeness (QED) is 0.818. The summed E-state index contributed by atoms with van der Waals surface area (Å²) in [7, 11) is 0. The van der Waals surface area contributed by atoms with E-state index in [1.54, 1.807) is 4.90 Å². The fourth-order valence-electron chi connectivity index (χ4n) is 3.88. The number of rotatable bonds is 4. The lowest BCUT2D eigenvalue weighted by Crippen LogP contribution is -2.49. The highest BCUT2D eigenvalue weighted by molar-refractivity contribution is 6.09. The Morgan fingerprint density at radius 1 is 1.30 bits per heavy atom. The Kier molecular flexibility index (Phi) is 5.17. The largest absolute Gasteiger partial charge is 0.338 e. The molecule has 0 saturated carbocycles. The van der Waals surface area contributed by atoms with Crippen molar-refractivity contribution >= 4 is 17.8 Å². The lowest BCUT2D eigenvalue weighted by Gasteiger charge is -2.36. The van der Waals surface area contributed by atoms with Gasteiger partial charge in [-0.3, -0.25) is 14.5 Å². The van der Waals surface area contributed by atoms with Gasteiger partial charge in [-0.2, -0.15) is 0 Å². The average molecular weight is 379 g/mol. The van der Waals surface area contributed by atoms with Crippen LogP contribution < -0.4 is 5.32 Å². The van der Waals surface area contributed by atoms with Crippen LogP contribution in [0.5, 0.6) is 0 Å². The Hall–Kier alpha value is -2.51. The standard InChI is InChI=1S/C19H23F2N3O3/c1-3-13-6-4-5-9-23(13)16(25)11-24-17(26)19(2,22-18(24)27)14-10-12(20)7-8-15(14)21/h7-8,10,13H,3-6,9,11H2,1-2H3,(H,22,27)/t13-,19+/m1/s1. The predicted octanol–water partition coefficient (Wildman–Crippen LogP) is 2.52. The van der Waals surface area contributed by atoms with Gasteiger partial charge in [0.15, 0.2) is 0 Å². The number of hydrogen-bond acceptors (Lipinski definition) is 3. The highest BCUT2D eigenvalue weighted by Gasteiger charge is 2.51. The molecule has 1 aromatic rings. The topological polar surface area (TPSA) is 69.7 Å². The number of hydrogen-bond donors (Lipinski definition) is 1. The zero-order valence-electron chi connectivity index (χ0n) is 15.4. The van der Waals surface area contributed by atoms with Crippen molar-refractivity contribution < 1.29 is 23.2 Å². The molecule has 4 amide bonds. The normalized spacial score (nSPS) is 25.7. The van der Waals surface area contributed by atoms with Crippen LogP contribution in [0.15, 0.2) is 18.2 Å². The highest BCUT2D eigenvalue weighted by Crippen LogP contribution is 2.31. The zero-order chi connectivity index (χ0) is 19.8. The Bertz CT molecular complexity index is 785. The van der Waals surface area contributed by atoms with Crippen LogP contribution in [0.1, 0.15) is 45.1 Å². The van der Waals surface area contributed by atoms with Gasteiger partial charge in [0.25, 0.3) is 5.91 Å². The molecule has 3 rings (SSSR count). The maximum atomic E-state index is 14.2. The number of likely N-dealkylation sites (tertiary alicyclic amines) is 1. The molecule has 2 fully saturated rings. The lowest BCUT2D eigenvalue weighted by atomic mass is 9.91. The number of carbonyl (C=O) groups excluding carboxylic acids is 3. The van der Waals surface area contributed by atoms with Gasteiger partial charge in [0.2, 0.25) is 5.91 Å². The summed E-state index contributed by atoms with van der Waals surface area (Å²) in [5, 5.41) is 2.41. The molecule has 0 radical (unpaired) electrons. The molecule has 2 aliphatic rings. The van der Waals surface area contributed by atoms with E-state index in [4.69, 9.17) is 0 Å². The van der Waals surface area contributed by atoms with Gasteiger partial charge in [0.05, 0.1) is 0 Å². The van der Waals surface area contributed by atoms with Crippen molar-refractivity contribution in [1.29, 1.82) is 0 Å². The smallest absolute Gasteiger partial charge is 0.325 e. The van der Waals surface area contributed by atoms with Crippen LogP contribution in [0.4, 0.5) is 13.6 Å². The second-order valence-electron chi connectivity index (χ2n) is 7.22. The van der Waals surface area contributed by atoms with Crippen molar-refractivity contribution in [3.05, 3.63) is 35.4 Å². The zero-order valence-corrected chi connectivity index (χ0v) is 15.4.